The monoisotopic (exact) mass is 646 g/mol. The number of benzene rings is 2. The van der Waals surface area contributed by atoms with Gasteiger partial charge in [0.1, 0.15) is 17.6 Å². The first kappa shape index (κ1) is 34.1. The predicted octanol–water partition coefficient (Wildman–Crippen LogP) is 5.77. The molecule has 1 aliphatic heterocycles. The van der Waals surface area contributed by atoms with Gasteiger partial charge in [-0.3, -0.25) is 19.2 Å². The van der Waals surface area contributed by atoms with E-state index in [9.17, 15) is 41.8 Å². The number of amides is 2. The summed E-state index contributed by atoms with van der Waals surface area (Å²) in [5.41, 5.74) is -2.69. The lowest BCUT2D eigenvalue weighted by Crippen LogP contribution is -2.55. The van der Waals surface area contributed by atoms with Crippen LogP contribution in [0.25, 0.3) is 0 Å². The van der Waals surface area contributed by atoms with Crippen LogP contribution < -0.4 is 15.6 Å². The second kappa shape index (κ2) is 13.3. The Morgan fingerprint density at radius 3 is 2.33 bits per heavy atom. The largest absolute Gasteiger partial charge is 0.481 e. The van der Waals surface area contributed by atoms with Crippen molar-refractivity contribution < 1.29 is 41.8 Å². The van der Waals surface area contributed by atoms with Gasteiger partial charge in [-0.1, -0.05) is 13.8 Å². The second-order valence-corrected chi connectivity index (χ2v) is 11.3. The molecule has 1 aliphatic rings. The molecule has 0 saturated carbocycles. The number of carboxylic acids is 1. The van der Waals surface area contributed by atoms with Gasteiger partial charge in [0.15, 0.2) is 5.75 Å². The predicted molar refractivity (Wildman–Crippen MR) is 158 cm³/mol. The van der Waals surface area contributed by atoms with Crippen molar-refractivity contribution in [2.24, 2.45) is 5.41 Å². The van der Waals surface area contributed by atoms with Crippen LogP contribution in [0.4, 0.5) is 17.6 Å². The standard InChI is InChI=1S/C32H34F4N4O6/c1-5-31(6-2,30(44)45)26-12-11-24(20-14-21(32(34,35)36)16-22(33)15-20)40(26)29(43)18(4)37-27(41)19-7-9-23(10-8-19)46-25-13-17(3)38-39-28(25)42/h7-10,13-16,18,24,26H,5-6,11-12H2,1-4H3,(H,37,41)(H,39,42)(H,44,45)/t18-,24+,26-/m1/s1. The highest BCUT2D eigenvalue weighted by atomic mass is 19.4. The molecule has 1 fully saturated rings. The molecule has 14 heteroatoms. The van der Waals surface area contributed by atoms with Crippen molar-refractivity contribution in [2.75, 3.05) is 0 Å². The Labute approximate surface area is 261 Å². The number of carbonyl (C=O) groups is 3. The molecule has 3 N–H and O–H groups in total. The van der Waals surface area contributed by atoms with E-state index in [-0.39, 0.29) is 48.3 Å². The molecule has 1 saturated heterocycles. The fraction of sp³-hybridized carbons (Fsp3) is 0.406. The summed E-state index contributed by atoms with van der Waals surface area (Å²) in [5.74, 6) is -3.46. The molecule has 2 amide bonds. The van der Waals surface area contributed by atoms with Crippen LogP contribution in [-0.4, -0.2) is 50.1 Å². The molecule has 3 atom stereocenters. The highest BCUT2D eigenvalue weighted by molar-refractivity contribution is 5.97. The zero-order chi connectivity index (χ0) is 34.0. The van der Waals surface area contributed by atoms with Gasteiger partial charge in [0.2, 0.25) is 5.91 Å². The Morgan fingerprint density at radius 1 is 1.09 bits per heavy atom. The topological polar surface area (TPSA) is 142 Å². The first-order valence-electron chi connectivity index (χ1n) is 14.7. The normalized spacial score (nSPS) is 17.4. The molecule has 0 radical (unpaired) electrons. The van der Waals surface area contributed by atoms with Gasteiger partial charge in [0.25, 0.3) is 5.91 Å². The van der Waals surface area contributed by atoms with Crippen LogP contribution in [0.15, 0.2) is 53.3 Å². The smallest absolute Gasteiger partial charge is 0.416 e. The maximum atomic E-state index is 14.5. The molecule has 0 unspecified atom stereocenters. The summed E-state index contributed by atoms with van der Waals surface area (Å²) >= 11 is 0. The number of alkyl halides is 3. The lowest BCUT2D eigenvalue weighted by Gasteiger charge is -2.42. The number of likely N-dealkylation sites (tertiary alicyclic amines) is 1. The lowest BCUT2D eigenvalue weighted by molar-refractivity contribution is -0.157. The Bertz CT molecular complexity index is 1670. The molecule has 4 rings (SSSR count). The molecule has 2 aromatic carbocycles. The molecule has 3 aromatic rings. The summed E-state index contributed by atoms with van der Waals surface area (Å²) in [5, 5.41) is 18.9. The van der Waals surface area contributed by atoms with Crippen molar-refractivity contribution in [3.05, 3.63) is 87.1 Å². The maximum absolute atomic E-state index is 14.5. The van der Waals surface area contributed by atoms with Crippen molar-refractivity contribution in [1.82, 2.24) is 20.4 Å². The van der Waals surface area contributed by atoms with E-state index in [1.54, 1.807) is 20.8 Å². The number of halogens is 4. The molecule has 10 nitrogen and oxygen atoms in total. The van der Waals surface area contributed by atoms with Crippen LogP contribution in [0.3, 0.4) is 0 Å². The molecule has 0 bridgehead atoms. The number of ether oxygens (including phenoxy) is 1. The molecular weight excluding hydrogens is 612 g/mol. The highest BCUT2D eigenvalue weighted by Crippen LogP contribution is 2.48. The lowest BCUT2D eigenvalue weighted by atomic mass is 9.74. The Hall–Kier alpha value is -4.75. The summed E-state index contributed by atoms with van der Waals surface area (Å²) in [7, 11) is 0. The van der Waals surface area contributed by atoms with Crippen LogP contribution in [0.5, 0.6) is 11.5 Å². The number of hydrogen-bond donors (Lipinski definition) is 3. The fourth-order valence-corrected chi connectivity index (χ4v) is 6.05. The first-order chi connectivity index (χ1) is 21.6. The van der Waals surface area contributed by atoms with E-state index in [1.807, 2.05) is 0 Å². The van der Waals surface area contributed by atoms with Gasteiger partial charge in [0, 0.05) is 17.7 Å². The minimum atomic E-state index is -4.85. The molecular formula is C32H34F4N4O6. The number of aryl methyl sites for hydroxylation is 1. The number of hydrogen-bond acceptors (Lipinski definition) is 6. The van der Waals surface area contributed by atoms with Crippen LogP contribution in [0.1, 0.15) is 79.7 Å². The van der Waals surface area contributed by atoms with Crippen molar-refractivity contribution in [3.63, 3.8) is 0 Å². The fourth-order valence-electron chi connectivity index (χ4n) is 6.05. The first-order valence-corrected chi connectivity index (χ1v) is 14.7. The molecule has 46 heavy (non-hydrogen) atoms. The van der Waals surface area contributed by atoms with E-state index < -0.39 is 64.4 Å². The number of aromatic nitrogens is 2. The van der Waals surface area contributed by atoms with Gasteiger partial charge >= 0.3 is 17.7 Å². The molecule has 0 aliphatic carbocycles. The SMILES string of the molecule is CCC(CC)(C(=O)O)[C@H]1CC[C@@H](c2cc(F)cc(C(F)(F)F)c2)N1C(=O)[C@@H](C)NC(=O)c1ccc(Oc2cc(C)n[nH]c2=O)cc1. The minimum Gasteiger partial charge on any atom is -0.481 e. The average Bonchev–Trinajstić information content (AvgIpc) is 3.44. The molecule has 2 heterocycles. The number of carbonyl (C=O) groups excluding carboxylic acids is 2. The van der Waals surface area contributed by atoms with E-state index in [1.165, 1.54) is 42.2 Å². The number of aliphatic carboxylic acids is 1. The number of nitrogens with zero attached hydrogens (tertiary/aromatic N) is 2. The zero-order valence-corrected chi connectivity index (χ0v) is 25.6. The Kier molecular flexibility index (Phi) is 9.88. The average molecular weight is 647 g/mol. The van der Waals surface area contributed by atoms with Crippen molar-refractivity contribution >= 4 is 17.8 Å². The van der Waals surface area contributed by atoms with Crippen LogP contribution in [0, 0.1) is 18.2 Å². The van der Waals surface area contributed by atoms with Gasteiger partial charge in [-0.2, -0.15) is 18.3 Å². The van der Waals surface area contributed by atoms with Gasteiger partial charge < -0.3 is 20.1 Å². The quantitative estimate of drug-likeness (QED) is 0.238. The van der Waals surface area contributed by atoms with Gasteiger partial charge in [0.05, 0.1) is 22.7 Å². The molecule has 246 valence electrons. The molecule has 1 aromatic heterocycles. The third kappa shape index (κ3) is 6.90. The number of nitrogens with one attached hydrogen (secondary N) is 2. The third-order valence-electron chi connectivity index (χ3n) is 8.56. The number of carboxylic acid groups (broad SMARTS) is 1. The van der Waals surface area contributed by atoms with Gasteiger partial charge in [-0.25, -0.2) is 9.49 Å². The summed E-state index contributed by atoms with van der Waals surface area (Å²) in [6, 6.07) is 5.92. The Morgan fingerprint density at radius 2 is 1.74 bits per heavy atom. The molecule has 0 spiro atoms. The Balaban J connectivity index is 1.61. The third-order valence-corrected chi connectivity index (χ3v) is 8.56. The number of H-pyrrole nitrogens is 1. The zero-order valence-electron chi connectivity index (χ0n) is 25.6. The van der Waals surface area contributed by atoms with Crippen LogP contribution in [-0.2, 0) is 15.8 Å². The summed E-state index contributed by atoms with van der Waals surface area (Å²) in [4.78, 5) is 52.9. The van der Waals surface area contributed by atoms with Crippen molar-refractivity contribution in [3.8, 4) is 11.5 Å². The van der Waals surface area contributed by atoms with Crippen molar-refractivity contribution in [1.29, 1.82) is 0 Å². The number of rotatable bonds is 10. The van der Waals surface area contributed by atoms with Crippen LogP contribution >= 0.6 is 0 Å². The summed E-state index contributed by atoms with van der Waals surface area (Å²) in [6.45, 7) is 6.36. The summed E-state index contributed by atoms with van der Waals surface area (Å²) in [6.07, 6.45) is -4.37. The highest BCUT2D eigenvalue weighted by Gasteiger charge is 2.53. The van der Waals surface area contributed by atoms with E-state index in [0.29, 0.717) is 11.8 Å². The van der Waals surface area contributed by atoms with Crippen molar-refractivity contribution in [2.45, 2.75) is 77.7 Å². The van der Waals surface area contributed by atoms with Crippen LogP contribution in [0.2, 0.25) is 0 Å². The van der Waals surface area contributed by atoms with Gasteiger partial charge in [-0.05, 0) is 87.6 Å². The van der Waals surface area contributed by atoms with E-state index in [4.69, 9.17) is 4.74 Å². The number of aromatic amines is 1. The maximum Gasteiger partial charge on any atom is 0.416 e. The second-order valence-electron chi connectivity index (χ2n) is 11.3. The summed E-state index contributed by atoms with van der Waals surface area (Å²) < 4.78 is 60.7. The van der Waals surface area contributed by atoms with E-state index >= 15 is 0 Å². The van der Waals surface area contributed by atoms with Gasteiger partial charge in [-0.15, -0.1) is 0 Å². The minimum absolute atomic E-state index is 0.00381. The van der Waals surface area contributed by atoms with E-state index in [0.717, 1.165) is 12.1 Å². The van der Waals surface area contributed by atoms with E-state index in [2.05, 4.69) is 15.5 Å².